The summed E-state index contributed by atoms with van der Waals surface area (Å²) >= 11 is 0. The quantitative estimate of drug-likeness (QED) is 0.750. The molecule has 0 bridgehead atoms. The molecule has 0 radical (unpaired) electrons. The molecule has 6 heteroatoms. The van der Waals surface area contributed by atoms with E-state index >= 15 is 0 Å². The number of amides is 2. The molecule has 2 aromatic rings. The van der Waals surface area contributed by atoms with Crippen LogP contribution in [-0.4, -0.2) is 34.9 Å². The number of nitrogens with zero attached hydrogens (tertiary/aromatic N) is 2. The molecule has 1 fully saturated rings. The molecule has 0 aromatic heterocycles. The summed E-state index contributed by atoms with van der Waals surface area (Å²) in [7, 11) is 0. The minimum Gasteiger partial charge on any atom is -0.458 e. The Balaban J connectivity index is 1.75. The summed E-state index contributed by atoms with van der Waals surface area (Å²) in [5.74, 6) is -0.962. The number of benzene rings is 2. The number of anilines is 1. The fraction of sp³-hybridized carbons (Fsp3) is 0.318. The number of ether oxygens (including phenoxy) is 1. The lowest BCUT2D eigenvalue weighted by Gasteiger charge is -2.48. The third-order valence-electron chi connectivity index (χ3n) is 5.36. The van der Waals surface area contributed by atoms with Crippen LogP contribution < -0.4 is 4.90 Å². The summed E-state index contributed by atoms with van der Waals surface area (Å²) in [4.78, 5) is 42.4. The van der Waals surface area contributed by atoms with Gasteiger partial charge in [-0.2, -0.15) is 0 Å². The summed E-state index contributed by atoms with van der Waals surface area (Å²) in [6, 6.07) is 16.3. The molecule has 2 aromatic carbocycles. The van der Waals surface area contributed by atoms with Gasteiger partial charge in [-0.05, 0) is 24.1 Å². The number of hydrogen-bond donors (Lipinski definition) is 0. The average Bonchev–Trinajstić information content (AvgIpc) is 3.08. The molecule has 2 heterocycles. The largest absolute Gasteiger partial charge is 0.458 e. The second kappa shape index (κ2) is 7.11. The lowest BCUT2D eigenvalue weighted by atomic mass is 9.96. The van der Waals surface area contributed by atoms with E-state index in [9.17, 15) is 14.4 Å². The molecule has 0 saturated carbocycles. The SMILES string of the molecule is CCCN1C(=O)c2ccccc2N2C(=O)CC[C@@]12C(=O)OCc1ccccc1. The van der Waals surface area contributed by atoms with Gasteiger partial charge in [0.2, 0.25) is 11.6 Å². The van der Waals surface area contributed by atoms with Gasteiger partial charge in [-0.25, -0.2) is 4.79 Å². The predicted molar refractivity (Wildman–Crippen MR) is 103 cm³/mol. The summed E-state index contributed by atoms with van der Waals surface area (Å²) in [5, 5.41) is 0. The number of hydrogen-bond acceptors (Lipinski definition) is 4. The van der Waals surface area contributed by atoms with Crippen molar-refractivity contribution in [1.82, 2.24) is 4.90 Å². The maximum absolute atomic E-state index is 13.4. The second-order valence-electron chi connectivity index (χ2n) is 7.08. The highest BCUT2D eigenvalue weighted by atomic mass is 16.5. The Morgan fingerprint density at radius 2 is 1.79 bits per heavy atom. The fourth-order valence-electron chi connectivity index (χ4n) is 4.12. The van der Waals surface area contributed by atoms with E-state index in [0.717, 1.165) is 5.56 Å². The Hall–Kier alpha value is -3.15. The Bertz CT molecular complexity index is 927. The molecule has 6 nitrogen and oxygen atoms in total. The molecule has 1 saturated heterocycles. The summed E-state index contributed by atoms with van der Waals surface area (Å²) in [5.41, 5.74) is 0.372. The van der Waals surface area contributed by atoms with Crippen LogP contribution in [0.2, 0.25) is 0 Å². The van der Waals surface area contributed by atoms with Crippen molar-refractivity contribution in [2.75, 3.05) is 11.4 Å². The van der Waals surface area contributed by atoms with E-state index in [1.54, 1.807) is 24.3 Å². The van der Waals surface area contributed by atoms with Crippen LogP contribution in [-0.2, 0) is 20.9 Å². The van der Waals surface area contributed by atoms with Gasteiger partial charge < -0.3 is 9.64 Å². The summed E-state index contributed by atoms with van der Waals surface area (Å²) in [6.07, 6.45) is 1.10. The van der Waals surface area contributed by atoms with Crippen molar-refractivity contribution in [2.24, 2.45) is 0 Å². The van der Waals surface area contributed by atoms with Crippen molar-refractivity contribution < 1.29 is 19.1 Å². The first-order valence-corrected chi connectivity index (χ1v) is 9.55. The zero-order valence-corrected chi connectivity index (χ0v) is 15.8. The van der Waals surface area contributed by atoms with Crippen molar-refractivity contribution in [1.29, 1.82) is 0 Å². The molecule has 2 aliphatic rings. The van der Waals surface area contributed by atoms with E-state index in [2.05, 4.69) is 0 Å². The van der Waals surface area contributed by atoms with Crippen LogP contribution in [0.1, 0.15) is 42.1 Å². The highest BCUT2D eigenvalue weighted by molar-refractivity contribution is 6.15. The highest BCUT2D eigenvalue weighted by Crippen LogP contribution is 2.45. The first kappa shape index (κ1) is 18.2. The van der Waals surface area contributed by atoms with E-state index in [1.165, 1.54) is 9.80 Å². The van der Waals surface area contributed by atoms with E-state index in [1.807, 2.05) is 37.3 Å². The zero-order chi connectivity index (χ0) is 19.7. The van der Waals surface area contributed by atoms with Crippen molar-refractivity contribution in [3.63, 3.8) is 0 Å². The third-order valence-corrected chi connectivity index (χ3v) is 5.36. The first-order chi connectivity index (χ1) is 13.6. The Labute approximate surface area is 163 Å². The number of carbonyl (C=O) groups excluding carboxylic acids is 3. The normalized spacial score (nSPS) is 20.8. The maximum Gasteiger partial charge on any atom is 0.354 e. The molecule has 0 unspecified atom stereocenters. The molecule has 2 aliphatic heterocycles. The van der Waals surface area contributed by atoms with Crippen LogP contribution in [0.15, 0.2) is 54.6 Å². The molecule has 0 aliphatic carbocycles. The van der Waals surface area contributed by atoms with E-state index in [0.29, 0.717) is 24.2 Å². The number of esters is 1. The molecule has 1 atom stereocenters. The van der Waals surface area contributed by atoms with E-state index in [4.69, 9.17) is 4.74 Å². The van der Waals surface area contributed by atoms with Gasteiger partial charge >= 0.3 is 5.97 Å². The second-order valence-corrected chi connectivity index (χ2v) is 7.08. The van der Waals surface area contributed by atoms with Gasteiger partial charge in [-0.1, -0.05) is 49.4 Å². The summed E-state index contributed by atoms with van der Waals surface area (Å²) in [6.45, 7) is 2.41. The van der Waals surface area contributed by atoms with Crippen molar-refractivity contribution in [3.05, 3.63) is 65.7 Å². The van der Waals surface area contributed by atoms with Crippen LogP contribution in [0, 0.1) is 0 Å². The molecular formula is C22H22N2O4. The molecule has 0 spiro atoms. The first-order valence-electron chi connectivity index (χ1n) is 9.55. The van der Waals surface area contributed by atoms with Gasteiger partial charge in [0.05, 0.1) is 11.3 Å². The number of carbonyl (C=O) groups is 3. The van der Waals surface area contributed by atoms with Crippen LogP contribution in [0.5, 0.6) is 0 Å². The highest BCUT2D eigenvalue weighted by Gasteiger charge is 2.61. The van der Waals surface area contributed by atoms with Gasteiger partial charge in [0.25, 0.3) is 5.91 Å². The monoisotopic (exact) mass is 378 g/mol. The topological polar surface area (TPSA) is 66.9 Å². The van der Waals surface area contributed by atoms with Crippen LogP contribution >= 0.6 is 0 Å². The van der Waals surface area contributed by atoms with Gasteiger partial charge in [-0.15, -0.1) is 0 Å². The lowest BCUT2D eigenvalue weighted by molar-refractivity contribution is -0.158. The molecule has 4 rings (SSSR count). The smallest absolute Gasteiger partial charge is 0.354 e. The Kier molecular flexibility index (Phi) is 4.63. The molecule has 0 N–H and O–H groups in total. The fourth-order valence-corrected chi connectivity index (χ4v) is 4.12. The van der Waals surface area contributed by atoms with Crippen LogP contribution in [0.4, 0.5) is 5.69 Å². The predicted octanol–water partition coefficient (Wildman–Crippen LogP) is 3.12. The summed E-state index contributed by atoms with van der Waals surface area (Å²) < 4.78 is 5.63. The number of para-hydroxylation sites is 1. The van der Waals surface area contributed by atoms with Gasteiger partial charge in [0, 0.05) is 19.4 Å². The number of rotatable bonds is 5. The van der Waals surface area contributed by atoms with Crippen molar-refractivity contribution in [2.45, 2.75) is 38.5 Å². The third kappa shape index (κ3) is 2.68. The molecule has 2 amide bonds. The molecule has 28 heavy (non-hydrogen) atoms. The minimum atomic E-state index is -1.41. The Morgan fingerprint density at radius 3 is 2.54 bits per heavy atom. The van der Waals surface area contributed by atoms with Gasteiger partial charge in [-0.3, -0.25) is 14.5 Å². The average molecular weight is 378 g/mol. The zero-order valence-electron chi connectivity index (χ0n) is 15.8. The minimum absolute atomic E-state index is 0.0965. The standard InChI is InChI=1S/C22H22N2O4/c1-2-14-23-20(26)17-10-6-7-11-18(17)24-19(25)12-13-22(23,24)21(27)28-15-16-8-4-3-5-9-16/h3-11H,2,12-15H2,1H3/t22-/m1/s1. The molecule has 144 valence electrons. The van der Waals surface area contributed by atoms with Gasteiger partial charge in [0.15, 0.2) is 0 Å². The van der Waals surface area contributed by atoms with Gasteiger partial charge in [0.1, 0.15) is 6.61 Å². The van der Waals surface area contributed by atoms with Crippen LogP contribution in [0.25, 0.3) is 0 Å². The Morgan fingerprint density at radius 1 is 1.07 bits per heavy atom. The lowest BCUT2D eigenvalue weighted by Crippen LogP contribution is -2.68. The van der Waals surface area contributed by atoms with Crippen LogP contribution in [0.3, 0.4) is 0 Å². The van der Waals surface area contributed by atoms with Crippen molar-refractivity contribution >= 4 is 23.5 Å². The van der Waals surface area contributed by atoms with E-state index in [-0.39, 0.29) is 31.3 Å². The molecular weight excluding hydrogens is 356 g/mol. The van der Waals surface area contributed by atoms with E-state index < -0.39 is 11.6 Å². The number of fused-ring (bicyclic) bond motifs is 3. The maximum atomic E-state index is 13.4. The van der Waals surface area contributed by atoms with Crippen molar-refractivity contribution in [3.8, 4) is 0 Å².